The summed E-state index contributed by atoms with van der Waals surface area (Å²) in [6.07, 6.45) is 1.56. The Bertz CT molecular complexity index is 920. The van der Waals surface area contributed by atoms with Crippen LogP contribution in [0.2, 0.25) is 0 Å². The SMILES string of the molecule is Cc1cccc(C)c1NC(=O)c1cc(NCc2ccccc2F)ccn1. The first-order valence-electron chi connectivity index (χ1n) is 8.35. The van der Waals surface area contributed by atoms with Crippen LogP contribution in [0.4, 0.5) is 15.8 Å². The molecule has 1 aromatic heterocycles. The Morgan fingerprint density at radius 2 is 1.77 bits per heavy atom. The van der Waals surface area contributed by atoms with Gasteiger partial charge in [0.2, 0.25) is 0 Å². The van der Waals surface area contributed by atoms with Gasteiger partial charge in [-0.15, -0.1) is 0 Å². The zero-order valence-electron chi connectivity index (χ0n) is 14.7. The minimum atomic E-state index is -0.281. The van der Waals surface area contributed by atoms with E-state index in [9.17, 15) is 9.18 Å². The molecule has 0 radical (unpaired) electrons. The zero-order valence-corrected chi connectivity index (χ0v) is 14.7. The fourth-order valence-corrected chi connectivity index (χ4v) is 2.69. The van der Waals surface area contributed by atoms with E-state index in [4.69, 9.17) is 0 Å². The molecular weight excluding hydrogens is 329 g/mol. The topological polar surface area (TPSA) is 54.0 Å². The molecule has 1 amide bonds. The lowest BCUT2D eigenvalue weighted by Crippen LogP contribution is -2.15. The predicted octanol–water partition coefficient (Wildman–Crippen LogP) is 4.70. The standard InChI is InChI=1S/C21H20FN3O/c1-14-6-5-7-15(2)20(14)25-21(26)19-12-17(10-11-23-19)24-13-16-8-3-4-9-18(16)22/h3-12H,13H2,1-2H3,(H,23,24)(H,25,26). The van der Waals surface area contributed by atoms with E-state index in [1.807, 2.05) is 32.0 Å². The normalized spacial score (nSPS) is 10.4. The molecule has 0 bridgehead atoms. The third-order valence-corrected chi connectivity index (χ3v) is 4.15. The van der Waals surface area contributed by atoms with Crippen LogP contribution in [0.15, 0.2) is 60.8 Å². The molecule has 0 saturated heterocycles. The Morgan fingerprint density at radius 1 is 1.04 bits per heavy atom. The molecule has 3 aromatic rings. The molecule has 0 unspecified atom stereocenters. The molecule has 2 aromatic carbocycles. The van der Waals surface area contributed by atoms with Crippen LogP contribution in [0.25, 0.3) is 0 Å². The highest BCUT2D eigenvalue weighted by Crippen LogP contribution is 2.20. The van der Waals surface area contributed by atoms with E-state index in [0.717, 1.165) is 16.8 Å². The van der Waals surface area contributed by atoms with Crippen molar-refractivity contribution in [2.45, 2.75) is 20.4 Å². The first-order chi connectivity index (χ1) is 12.5. The van der Waals surface area contributed by atoms with Gasteiger partial charge in [0.05, 0.1) is 0 Å². The fraction of sp³-hybridized carbons (Fsp3) is 0.143. The number of rotatable bonds is 5. The van der Waals surface area contributed by atoms with Gasteiger partial charge >= 0.3 is 0 Å². The van der Waals surface area contributed by atoms with Gasteiger partial charge in [-0.3, -0.25) is 9.78 Å². The van der Waals surface area contributed by atoms with Gasteiger partial charge in [0.25, 0.3) is 5.91 Å². The van der Waals surface area contributed by atoms with Gasteiger partial charge in [-0.05, 0) is 43.2 Å². The van der Waals surface area contributed by atoms with Crippen LogP contribution in [0.3, 0.4) is 0 Å². The lowest BCUT2D eigenvalue weighted by atomic mass is 10.1. The Hall–Kier alpha value is -3.21. The summed E-state index contributed by atoms with van der Waals surface area (Å²) in [5.41, 5.74) is 4.34. The highest BCUT2D eigenvalue weighted by molar-refractivity contribution is 6.04. The monoisotopic (exact) mass is 349 g/mol. The van der Waals surface area contributed by atoms with Crippen LogP contribution < -0.4 is 10.6 Å². The summed E-state index contributed by atoms with van der Waals surface area (Å²) in [6.45, 7) is 4.22. The average molecular weight is 349 g/mol. The average Bonchev–Trinajstić information content (AvgIpc) is 2.64. The third kappa shape index (κ3) is 4.06. The Kier molecular flexibility index (Phi) is 5.27. The number of halogens is 1. The quantitative estimate of drug-likeness (QED) is 0.702. The van der Waals surface area contributed by atoms with Gasteiger partial charge in [0.1, 0.15) is 11.5 Å². The van der Waals surface area contributed by atoms with Crippen molar-refractivity contribution in [3.05, 3.63) is 89.0 Å². The highest BCUT2D eigenvalue weighted by atomic mass is 19.1. The number of carbonyl (C=O) groups excluding carboxylic acids is 1. The van der Waals surface area contributed by atoms with Crippen molar-refractivity contribution in [2.24, 2.45) is 0 Å². The Balaban J connectivity index is 1.72. The van der Waals surface area contributed by atoms with E-state index in [1.165, 1.54) is 6.07 Å². The highest BCUT2D eigenvalue weighted by Gasteiger charge is 2.11. The summed E-state index contributed by atoms with van der Waals surface area (Å²) in [4.78, 5) is 16.7. The van der Waals surface area contributed by atoms with Gasteiger partial charge < -0.3 is 10.6 Å². The molecule has 0 aliphatic heterocycles. The van der Waals surface area contributed by atoms with Crippen LogP contribution >= 0.6 is 0 Å². The minimum absolute atomic E-state index is 0.262. The van der Waals surface area contributed by atoms with Gasteiger partial charge in [0, 0.05) is 29.7 Å². The summed E-state index contributed by atoms with van der Waals surface area (Å²) in [5.74, 6) is -0.543. The molecule has 0 fully saturated rings. The second-order valence-corrected chi connectivity index (χ2v) is 6.10. The second-order valence-electron chi connectivity index (χ2n) is 6.10. The molecule has 0 saturated carbocycles. The second kappa shape index (κ2) is 7.78. The predicted molar refractivity (Wildman–Crippen MR) is 102 cm³/mol. The van der Waals surface area contributed by atoms with Gasteiger partial charge in [-0.1, -0.05) is 36.4 Å². The van der Waals surface area contributed by atoms with E-state index in [0.29, 0.717) is 23.5 Å². The molecule has 0 aliphatic rings. The third-order valence-electron chi connectivity index (χ3n) is 4.15. The van der Waals surface area contributed by atoms with Crippen molar-refractivity contribution < 1.29 is 9.18 Å². The Labute approximate surface area is 152 Å². The number of nitrogens with one attached hydrogen (secondary N) is 2. The maximum absolute atomic E-state index is 13.7. The van der Waals surface area contributed by atoms with Crippen molar-refractivity contribution in [1.29, 1.82) is 0 Å². The number of aryl methyl sites for hydroxylation is 2. The van der Waals surface area contributed by atoms with Crippen LogP contribution in [0, 0.1) is 19.7 Å². The van der Waals surface area contributed by atoms with Gasteiger partial charge in [-0.25, -0.2) is 4.39 Å². The molecule has 0 spiro atoms. The van der Waals surface area contributed by atoms with Gasteiger partial charge in [-0.2, -0.15) is 0 Å². The summed E-state index contributed by atoms with van der Waals surface area (Å²) >= 11 is 0. The lowest BCUT2D eigenvalue weighted by molar-refractivity contribution is 0.102. The van der Waals surface area contributed by atoms with E-state index < -0.39 is 0 Å². The molecule has 5 heteroatoms. The van der Waals surface area contributed by atoms with Crippen LogP contribution in [-0.2, 0) is 6.54 Å². The molecular formula is C21H20FN3O. The van der Waals surface area contributed by atoms with Crippen molar-refractivity contribution in [1.82, 2.24) is 4.98 Å². The molecule has 132 valence electrons. The number of hydrogen-bond donors (Lipinski definition) is 2. The minimum Gasteiger partial charge on any atom is -0.381 e. The first kappa shape index (κ1) is 17.6. The van der Waals surface area contributed by atoms with Crippen molar-refractivity contribution in [3.8, 4) is 0 Å². The number of benzene rings is 2. The van der Waals surface area contributed by atoms with E-state index >= 15 is 0 Å². The van der Waals surface area contributed by atoms with Gasteiger partial charge in [0.15, 0.2) is 0 Å². The van der Waals surface area contributed by atoms with Crippen LogP contribution in [-0.4, -0.2) is 10.9 Å². The maximum Gasteiger partial charge on any atom is 0.274 e. The van der Waals surface area contributed by atoms with Crippen LogP contribution in [0.1, 0.15) is 27.2 Å². The smallest absolute Gasteiger partial charge is 0.274 e. The molecule has 1 heterocycles. The lowest BCUT2D eigenvalue weighted by Gasteiger charge is -2.12. The summed E-state index contributed by atoms with van der Waals surface area (Å²) in [5, 5.41) is 6.04. The number of anilines is 2. The number of aromatic nitrogens is 1. The van der Waals surface area contributed by atoms with Crippen molar-refractivity contribution in [2.75, 3.05) is 10.6 Å². The molecule has 0 atom stereocenters. The van der Waals surface area contributed by atoms with Crippen LogP contribution in [0.5, 0.6) is 0 Å². The molecule has 0 aliphatic carbocycles. The largest absolute Gasteiger partial charge is 0.381 e. The molecule has 3 rings (SSSR count). The fourth-order valence-electron chi connectivity index (χ4n) is 2.69. The van der Waals surface area contributed by atoms with E-state index in [2.05, 4.69) is 15.6 Å². The van der Waals surface area contributed by atoms with Crippen molar-refractivity contribution in [3.63, 3.8) is 0 Å². The zero-order chi connectivity index (χ0) is 18.5. The summed E-state index contributed by atoms with van der Waals surface area (Å²) in [7, 11) is 0. The Morgan fingerprint density at radius 3 is 2.50 bits per heavy atom. The summed E-state index contributed by atoms with van der Waals surface area (Å²) in [6, 6.07) is 15.8. The van der Waals surface area contributed by atoms with Crippen molar-refractivity contribution >= 4 is 17.3 Å². The number of carbonyl (C=O) groups is 1. The van der Waals surface area contributed by atoms with E-state index in [-0.39, 0.29) is 11.7 Å². The maximum atomic E-state index is 13.7. The molecule has 4 nitrogen and oxygen atoms in total. The summed E-state index contributed by atoms with van der Waals surface area (Å²) < 4.78 is 13.7. The number of pyridine rings is 1. The van der Waals surface area contributed by atoms with E-state index in [1.54, 1.807) is 36.5 Å². The number of nitrogens with zero attached hydrogens (tertiary/aromatic N) is 1. The number of amides is 1. The first-order valence-corrected chi connectivity index (χ1v) is 8.35. The molecule has 2 N–H and O–H groups in total. The number of hydrogen-bond acceptors (Lipinski definition) is 3. The number of para-hydroxylation sites is 1. The molecule has 26 heavy (non-hydrogen) atoms.